The van der Waals surface area contributed by atoms with E-state index in [1.807, 2.05) is 0 Å². The van der Waals surface area contributed by atoms with Crippen molar-refractivity contribution in [3.05, 3.63) is 53.6 Å². The zero-order chi connectivity index (χ0) is 19.6. The van der Waals surface area contributed by atoms with E-state index < -0.39 is 0 Å². The third kappa shape index (κ3) is 4.00. The maximum absolute atomic E-state index is 11.5. The molecule has 150 valence electrons. The van der Waals surface area contributed by atoms with Crippen LogP contribution in [0, 0.1) is 0 Å². The van der Waals surface area contributed by atoms with Gasteiger partial charge in [0.15, 0.2) is 0 Å². The molecule has 0 aliphatic carbocycles. The first-order chi connectivity index (χ1) is 14.3. The van der Waals surface area contributed by atoms with Crippen molar-refractivity contribution in [1.29, 1.82) is 0 Å². The van der Waals surface area contributed by atoms with Crippen LogP contribution in [0.2, 0.25) is 0 Å². The average molecular weight is 407 g/mol. The Labute approximate surface area is 175 Å². The molecule has 5 rings (SSSR count). The summed E-state index contributed by atoms with van der Waals surface area (Å²) in [5.74, 6) is 1.27. The normalized spacial score (nSPS) is 17.0. The van der Waals surface area contributed by atoms with Crippen LogP contribution in [0.4, 0.5) is 11.5 Å². The average Bonchev–Trinajstić information content (AvgIpc) is 3.34. The minimum atomic E-state index is 0.113. The number of aromatic nitrogens is 1. The van der Waals surface area contributed by atoms with Crippen molar-refractivity contribution in [2.75, 3.05) is 42.9 Å². The van der Waals surface area contributed by atoms with Crippen LogP contribution in [0.25, 0.3) is 10.1 Å². The van der Waals surface area contributed by atoms with Crippen molar-refractivity contribution in [2.24, 2.45) is 0 Å². The van der Waals surface area contributed by atoms with Gasteiger partial charge >= 0.3 is 0 Å². The molecular formula is C23H26N4OS. The van der Waals surface area contributed by atoms with Crippen LogP contribution in [0.1, 0.15) is 24.0 Å². The second-order valence-corrected chi connectivity index (χ2v) is 8.81. The number of hydrogen-bond donors (Lipinski definition) is 1. The van der Waals surface area contributed by atoms with E-state index in [-0.39, 0.29) is 5.91 Å². The van der Waals surface area contributed by atoms with Crippen LogP contribution in [-0.2, 0) is 17.6 Å². The highest BCUT2D eigenvalue weighted by atomic mass is 32.1. The number of carbonyl (C=O) groups is 1. The lowest BCUT2D eigenvalue weighted by atomic mass is 10.0. The van der Waals surface area contributed by atoms with Gasteiger partial charge < -0.3 is 10.2 Å². The maximum atomic E-state index is 11.5. The molecule has 0 atom stereocenters. The minimum Gasteiger partial charge on any atom is -0.353 e. The zero-order valence-corrected chi connectivity index (χ0v) is 17.4. The van der Waals surface area contributed by atoms with E-state index in [2.05, 4.69) is 57.6 Å². The lowest BCUT2D eigenvalue weighted by Crippen LogP contribution is -2.46. The summed E-state index contributed by atoms with van der Waals surface area (Å²) in [7, 11) is 0. The predicted molar refractivity (Wildman–Crippen MR) is 120 cm³/mol. The predicted octanol–water partition coefficient (Wildman–Crippen LogP) is 3.94. The molecule has 3 aromatic rings. The Hall–Kier alpha value is -2.44. The standard InChI is InChI=1S/C23H26N4OS/c28-22-16-18-15-17(8-9-20(18)24-22)5-3-4-10-26-11-13-27(14-12-26)23-19-6-1-2-7-21(19)29-25-23/h1-2,6-9,15H,3-5,10-14,16H2,(H,24,28). The van der Waals surface area contributed by atoms with E-state index in [0.29, 0.717) is 6.42 Å². The van der Waals surface area contributed by atoms with Gasteiger partial charge in [-0.2, -0.15) is 4.37 Å². The highest BCUT2D eigenvalue weighted by molar-refractivity contribution is 7.13. The second kappa shape index (κ2) is 8.13. The summed E-state index contributed by atoms with van der Waals surface area (Å²) < 4.78 is 5.98. The number of unbranched alkanes of at least 4 members (excludes halogenated alkanes) is 1. The number of nitrogens with zero attached hydrogens (tertiary/aromatic N) is 3. The number of rotatable bonds is 6. The van der Waals surface area contributed by atoms with E-state index in [9.17, 15) is 4.79 Å². The van der Waals surface area contributed by atoms with E-state index in [1.54, 1.807) is 11.5 Å². The molecule has 0 spiro atoms. The van der Waals surface area contributed by atoms with Crippen LogP contribution in [0.3, 0.4) is 0 Å². The molecule has 1 aromatic heterocycles. The first-order valence-corrected chi connectivity index (χ1v) is 11.3. The van der Waals surface area contributed by atoms with Crippen molar-refractivity contribution >= 4 is 39.0 Å². The lowest BCUT2D eigenvalue weighted by molar-refractivity contribution is -0.115. The third-order valence-electron chi connectivity index (χ3n) is 6.01. The molecule has 1 amide bonds. The van der Waals surface area contributed by atoms with Gasteiger partial charge in [0, 0.05) is 37.3 Å². The summed E-state index contributed by atoms with van der Waals surface area (Å²) in [6, 6.07) is 14.9. The van der Waals surface area contributed by atoms with Crippen LogP contribution in [0.15, 0.2) is 42.5 Å². The molecule has 5 nitrogen and oxygen atoms in total. The summed E-state index contributed by atoms with van der Waals surface area (Å²) in [6.45, 7) is 5.49. The Kier molecular flexibility index (Phi) is 5.21. The summed E-state index contributed by atoms with van der Waals surface area (Å²) in [5.41, 5.74) is 3.49. The molecule has 0 radical (unpaired) electrons. The smallest absolute Gasteiger partial charge is 0.228 e. The molecule has 2 aliphatic heterocycles. The minimum absolute atomic E-state index is 0.113. The number of carbonyl (C=O) groups excluding carboxylic acids is 1. The van der Waals surface area contributed by atoms with Crippen molar-refractivity contribution < 1.29 is 4.79 Å². The Bertz CT molecular complexity index is 1020. The molecule has 2 aliphatic rings. The molecule has 1 saturated heterocycles. The zero-order valence-electron chi connectivity index (χ0n) is 16.6. The third-order valence-corrected chi connectivity index (χ3v) is 6.83. The fraction of sp³-hybridized carbons (Fsp3) is 0.391. The summed E-state index contributed by atoms with van der Waals surface area (Å²) in [4.78, 5) is 16.5. The van der Waals surface area contributed by atoms with Gasteiger partial charge in [0.2, 0.25) is 5.91 Å². The number of nitrogens with one attached hydrogen (secondary N) is 1. The quantitative estimate of drug-likeness (QED) is 0.630. The van der Waals surface area contributed by atoms with E-state index in [4.69, 9.17) is 4.37 Å². The number of piperazine rings is 1. The second-order valence-electron chi connectivity index (χ2n) is 8.00. The van der Waals surface area contributed by atoms with Gasteiger partial charge in [-0.25, -0.2) is 0 Å². The number of fused-ring (bicyclic) bond motifs is 2. The van der Waals surface area contributed by atoms with Gasteiger partial charge in [0.25, 0.3) is 0 Å². The van der Waals surface area contributed by atoms with Crippen LogP contribution in [-0.4, -0.2) is 47.9 Å². The first kappa shape index (κ1) is 18.6. The highest BCUT2D eigenvalue weighted by Gasteiger charge is 2.20. The molecule has 1 N–H and O–H groups in total. The number of hydrogen-bond acceptors (Lipinski definition) is 5. The van der Waals surface area contributed by atoms with Gasteiger partial charge in [-0.15, -0.1) is 0 Å². The van der Waals surface area contributed by atoms with Gasteiger partial charge in [-0.3, -0.25) is 9.69 Å². The number of amides is 1. The molecule has 6 heteroatoms. The van der Waals surface area contributed by atoms with Gasteiger partial charge in [-0.1, -0.05) is 24.3 Å². The maximum Gasteiger partial charge on any atom is 0.228 e. The topological polar surface area (TPSA) is 48.5 Å². The van der Waals surface area contributed by atoms with E-state index >= 15 is 0 Å². The monoisotopic (exact) mass is 406 g/mol. The molecule has 29 heavy (non-hydrogen) atoms. The fourth-order valence-corrected chi connectivity index (χ4v) is 5.18. The van der Waals surface area contributed by atoms with Crippen molar-refractivity contribution in [3.63, 3.8) is 0 Å². The Morgan fingerprint density at radius 2 is 1.90 bits per heavy atom. The first-order valence-electron chi connectivity index (χ1n) is 10.5. The van der Waals surface area contributed by atoms with Gasteiger partial charge in [-0.05, 0) is 66.7 Å². The molecule has 3 heterocycles. The van der Waals surface area contributed by atoms with Crippen LogP contribution >= 0.6 is 11.5 Å². The fourth-order valence-electron chi connectivity index (χ4n) is 4.39. The van der Waals surface area contributed by atoms with Crippen molar-refractivity contribution in [2.45, 2.75) is 25.7 Å². The van der Waals surface area contributed by atoms with Gasteiger partial charge in [0.05, 0.1) is 11.1 Å². The molecule has 1 fully saturated rings. The molecule has 0 bridgehead atoms. The number of anilines is 2. The van der Waals surface area contributed by atoms with Crippen LogP contribution in [0.5, 0.6) is 0 Å². The number of benzene rings is 2. The van der Waals surface area contributed by atoms with E-state index in [1.165, 1.54) is 28.5 Å². The molecule has 0 unspecified atom stereocenters. The summed E-state index contributed by atoms with van der Waals surface area (Å²) in [6.07, 6.45) is 4.03. The molecule has 2 aromatic carbocycles. The molecular weight excluding hydrogens is 380 g/mol. The Morgan fingerprint density at radius 3 is 2.79 bits per heavy atom. The van der Waals surface area contributed by atoms with Crippen molar-refractivity contribution in [3.8, 4) is 0 Å². The SMILES string of the molecule is O=C1Cc2cc(CCCCN3CCN(c4nsc5ccccc45)CC3)ccc2N1. The summed E-state index contributed by atoms with van der Waals surface area (Å²) in [5, 5.41) is 4.19. The largest absolute Gasteiger partial charge is 0.353 e. The summed E-state index contributed by atoms with van der Waals surface area (Å²) >= 11 is 1.60. The van der Waals surface area contributed by atoms with Crippen LogP contribution < -0.4 is 10.2 Å². The molecule has 0 saturated carbocycles. The number of aryl methyl sites for hydroxylation is 1. The van der Waals surface area contributed by atoms with E-state index in [0.717, 1.165) is 56.2 Å². The van der Waals surface area contributed by atoms with Gasteiger partial charge in [0.1, 0.15) is 5.82 Å². The lowest BCUT2D eigenvalue weighted by Gasteiger charge is -2.35. The Balaban J connectivity index is 1.07. The van der Waals surface area contributed by atoms with Crippen molar-refractivity contribution in [1.82, 2.24) is 9.27 Å². The highest BCUT2D eigenvalue weighted by Crippen LogP contribution is 2.30. The Morgan fingerprint density at radius 1 is 1.03 bits per heavy atom.